The Morgan fingerprint density at radius 1 is 0.571 bits per heavy atom. The van der Waals surface area contributed by atoms with Gasteiger partial charge in [0.15, 0.2) is 0 Å². The van der Waals surface area contributed by atoms with Crippen molar-refractivity contribution in [2.45, 2.75) is 104 Å². The highest BCUT2D eigenvalue weighted by atomic mass is 16.5. The summed E-state index contributed by atoms with van der Waals surface area (Å²) in [6, 6.07) is 16.1. The maximum atomic E-state index is 12.4. The number of ether oxygens (including phenoxy) is 2. The predicted molar refractivity (Wildman–Crippen MR) is 173 cm³/mol. The van der Waals surface area contributed by atoms with Crippen LogP contribution in [0.25, 0.3) is 11.1 Å². The molecule has 0 atom stereocenters. The van der Waals surface area contributed by atoms with E-state index in [0.717, 1.165) is 48.2 Å². The van der Waals surface area contributed by atoms with Crippen LogP contribution in [-0.2, 0) is 32.3 Å². The van der Waals surface area contributed by atoms with Crippen molar-refractivity contribution in [2.24, 2.45) is 0 Å². The maximum absolute atomic E-state index is 12.4. The molecule has 234 valence electrons. The topological polar surface area (TPSA) is 59.1 Å². The SMILES string of the molecule is CCCCCCCCN(C)CC(=O)OCc1cccc(-c2cccc(COC(=O)CN(C)CCCCCCCC)c2)c1. The summed E-state index contributed by atoms with van der Waals surface area (Å²) in [5.74, 6) is -0.398. The van der Waals surface area contributed by atoms with Crippen molar-refractivity contribution in [3.05, 3.63) is 59.7 Å². The number of benzene rings is 2. The van der Waals surface area contributed by atoms with Crippen molar-refractivity contribution in [1.82, 2.24) is 9.80 Å². The van der Waals surface area contributed by atoms with Gasteiger partial charge in [-0.3, -0.25) is 19.4 Å². The molecule has 0 saturated carbocycles. The van der Waals surface area contributed by atoms with Gasteiger partial charge in [0.1, 0.15) is 13.2 Å². The summed E-state index contributed by atoms with van der Waals surface area (Å²) in [5.41, 5.74) is 3.97. The number of hydrogen-bond acceptors (Lipinski definition) is 6. The molecule has 0 bridgehead atoms. The number of rotatable bonds is 23. The van der Waals surface area contributed by atoms with Crippen molar-refractivity contribution < 1.29 is 19.1 Å². The number of unbranched alkanes of at least 4 members (excludes halogenated alkanes) is 10. The summed E-state index contributed by atoms with van der Waals surface area (Å²) in [4.78, 5) is 28.9. The molecule has 0 unspecified atom stereocenters. The van der Waals surface area contributed by atoms with Gasteiger partial charge in [0.2, 0.25) is 0 Å². The quantitative estimate of drug-likeness (QED) is 0.0980. The largest absolute Gasteiger partial charge is 0.460 e. The molecule has 6 nitrogen and oxygen atoms in total. The van der Waals surface area contributed by atoms with E-state index in [1.807, 2.05) is 60.3 Å². The van der Waals surface area contributed by atoms with E-state index in [1.165, 1.54) is 64.2 Å². The zero-order chi connectivity index (χ0) is 30.4. The number of carbonyl (C=O) groups is 2. The van der Waals surface area contributed by atoms with Crippen LogP contribution in [0.3, 0.4) is 0 Å². The van der Waals surface area contributed by atoms with Crippen molar-refractivity contribution in [3.63, 3.8) is 0 Å². The highest BCUT2D eigenvalue weighted by Gasteiger charge is 2.10. The Labute approximate surface area is 255 Å². The molecule has 0 heterocycles. The minimum absolute atomic E-state index is 0.199. The van der Waals surface area contributed by atoms with Crippen molar-refractivity contribution in [3.8, 4) is 11.1 Å². The zero-order valence-electron chi connectivity index (χ0n) is 26.9. The molecule has 0 amide bonds. The molecule has 0 radical (unpaired) electrons. The van der Waals surface area contributed by atoms with Crippen LogP contribution < -0.4 is 0 Å². The Balaban J connectivity index is 1.74. The van der Waals surface area contributed by atoms with Gasteiger partial charge < -0.3 is 9.47 Å². The summed E-state index contributed by atoms with van der Waals surface area (Å²) in [5, 5.41) is 0. The van der Waals surface area contributed by atoms with Crippen LogP contribution >= 0.6 is 0 Å². The van der Waals surface area contributed by atoms with Crippen molar-refractivity contribution >= 4 is 11.9 Å². The molecule has 42 heavy (non-hydrogen) atoms. The van der Waals surface area contributed by atoms with Crippen LogP contribution in [0.1, 0.15) is 102 Å². The van der Waals surface area contributed by atoms with E-state index in [0.29, 0.717) is 13.1 Å². The van der Waals surface area contributed by atoms with Gasteiger partial charge in [-0.1, -0.05) is 114 Å². The molecule has 0 spiro atoms. The molecule has 2 rings (SSSR count). The lowest BCUT2D eigenvalue weighted by atomic mass is 10.0. The number of carbonyl (C=O) groups excluding carboxylic acids is 2. The van der Waals surface area contributed by atoms with Crippen LogP contribution in [0, 0.1) is 0 Å². The Kier molecular flexibility index (Phi) is 18.5. The van der Waals surface area contributed by atoms with Crippen LogP contribution in [0.15, 0.2) is 48.5 Å². The second kappa shape index (κ2) is 21.9. The lowest BCUT2D eigenvalue weighted by molar-refractivity contribution is -0.146. The fourth-order valence-electron chi connectivity index (χ4n) is 5.02. The summed E-state index contributed by atoms with van der Waals surface area (Å²) < 4.78 is 11.1. The minimum atomic E-state index is -0.199. The molecule has 0 aliphatic carbocycles. The van der Waals surface area contributed by atoms with Gasteiger partial charge in [-0.15, -0.1) is 0 Å². The third kappa shape index (κ3) is 16.1. The Morgan fingerprint density at radius 2 is 0.952 bits per heavy atom. The van der Waals surface area contributed by atoms with E-state index in [1.54, 1.807) is 0 Å². The van der Waals surface area contributed by atoms with E-state index in [2.05, 4.69) is 26.0 Å². The average molecular weight is 581 g/mol. The Hall–Kier alpha value is -2.70. The molecule has 0 fully saturated rings. The summed E-state index contributed by atoms with van der Waals surface area (Å²) >= 11 is 0. The van der Waals surface area contributed by atoms with Gasteiger partial charge in [0, 0.05) is 0 Å². The Bertz CT molecular complexity index is 943. The summed E-state index contributed by atoms with van der Waals surface area (Å²) in [7, 11) is 3.96. The van der Waals surface area contributed by atoms with Crippen LogP contribution in [0.2, 0.25) is 0 Å². The number of esters is 2. The van der Waals surface area contributed by atoms with Gasteiger partial charge in [0.25, 0.3) is 0 Å². The fourth-order valence-corrected chi connectivity index (χ4v) is 5.02. The molecule has 0 saturated heterocycles. The van der Waals surface area contributed by atoms with Gasteiger partial charge in [-0.05, 0) is 74.4 Å². The first-order valence-corrected chi connectivity index (χ1v) is 16.3. The fraction of sp³-hybridized carbons (Fsp3) is 0.611. The molecular weight excluding hydrogens is 524 g/mol. The van der Waals surface area contributed by atoms with Crippen LogP contribution in [-0.4, -0.2) is 62.0 Å². The van der Waals surface area contributed by atoms with Crippen molar-refractivity contribution in [2.75, 3.05) is 40.3 Å². The first-order valence-electron chi connectivity index (χ1n) is 16.3. The number of likely N-dealkylation sites (N-methyl/N-ethyl adjacent to an activating group) is 2. The lowest BCUT2D eigenvalue weighted by Gasteiger charge is -2.16. The van der Waals surface area contributed by atoms with Crippen LogP contribution in [0.5, 0.6) is 0 Å². The third-order valence-electron chi connectivity index (χ3n) is 7.57. The molecule has 0 N–H and O–H groups in total. The third-order valence-corrected chi connectivity index (χ3v) is 7.57. The normalized spacial score (nSPS) is 11.3. The molecule has 0 aliphatic heterocycles. The highest BCUT2D eigenvalue weighted by molar-refractivity contribution is 5.72. The molecule has 0 aliphatic rings. The number of nitrogens with zero attached hydrogens (tertiary/aromatic N) is 2. The number of hydrogen-bond donors (Lipinski definition) is 0. The smallest absolute Gasteiger partial charge is 0.320 e. The zero-order valence-corrected chi connectivity index (χ0v) is 26.9. The molecule has 6 heteroatoms. The van der Waals surface area contributed by atoms with E-state index in [9.17, 15) is 9.59 Å². The van der Waals surface area contributed by atoms with Gasteiger partial charge in [-0.25, -0.2) is 0 Å². The van der Waals surface area contributed by atoms with Gasteiger partial charge in [-0.2, -0.15) is 0 Å². The van der Waals surface area contributed by atoms with Crippen LogP contribution in [0.4, 0.5) is 0 Å². The van der Waals surface area contributed by atoms with E-state index in [-0.39, 0.29) is 25.2 Å². The summed E-state index contributed by atoms with van der Waals surface area (Å²) in [6.07, 6.45) is 14.9. The molecule has 2 aromatic rings. The predicted octanol–water partition coefficient (Wildman–Crippen LogP) is 8.02. The first kappa shape index (κ1) is 35.5. The maximum Gasteiger partial charge on any atom is 0.320 e. The van der Waals surface area contributed by atoms with E-state index < -0.39 is 0 Å². The molecular formula is C36H56N2O4. The summed E-state index contributed by atoms with van der Waals surface area (Å²) in [6.45, 7) is 7.41. The second-order valence-electron chi connectivity index (χ2n) is 11.7. The minimum Gasteiger partial charge on any atom is -0.460 e. The van der Waals surface area contributed by atoms with E-state index >= 15 is 0 Å². The Morgan fingerprint density at radius 3 is 1.36 bits per heavy atom. The first-order chi connectivity index (χ1) is 20.4. The lowest BCUT2D eigenvalue weighted by Crippen LogP contribution is -2.28. The molecule has 0 aromatic heterocycles. The average Bonchev–Trinajstić information content (AvgIpc) is 2.99. The van der Waals surface area contributed by atoms with E-state index in [4.69, 9.17) is 9.47 Å². The standard InChI is InChI=1S/C36H56N2O4/c1-5-7-9-11-13-15-23-37(3)27-35(39)41-29-31-19-17-21-33(25-31)34-22-18-20-32(26-34)30-42-36(40)28-38(4)24-16-14-12-10-8-6-2/h17-22,25-26H,5-16,23-24,27-30H2,1-4H3. The van der Waals surface area contributed by atoms with Crippen molar-refractivity contribution in [1.29, 1.82) is 0 Å². The second-order valence-corrected chi connectivity index (χ2v) is 11.7. The molecule has 2 aromatic carbocycles. The van der Waals surface area contributed by atoms with Gasteiger partial charge >= 0.3 is 11.9 Å². The van der Waals surface area contributed by atoms with Gasteiger partial charge in [0.05, 0.1) is 13.1 Å². The highest BCUT2D eigenvalue weighted by Crippen LogP contribution is 2.22. The monoisotopic (exact) mass is 580 g/mol.